The third-order valence-corrected chi connectivity index (χ3v) is 2.86. The molecule has 1 heterocycles. The summed E-state index contributed by atoms with van der Waals surface area (Å²) in [4.78, 5) is 4.22. The molecule has 0 fully saturated rings. The Hall–Kier alpha value is -1.25. The van der Waals surface area contributed by atoms with Gasteiger partial charge in [-0.1, -0.05) is 39.0 Å². The number of nitrogens with one attached hydrogen (secondary N) is 1. The predicted octanol–water partition coefficient (Wildman–Crippen LogP) is 4.25. The lowest BCUT2D eigenvalue weighted by Crippen LogP contribution is -2.01. The minimum atomic E-state index is 0.807. The van der Waals surface area contributed by atoms with Crippen molar-refractivity contribution in [1.29, 1.82) is 0 Å². The van der Waals surface area contributed by atoms with Crippen LogP contribution in [0.3, 0.4) is 0 Å². The Labute approximate surface area is 111 Å². The Morgan fingerprint density at radius 2 is 1.89 bits per heavy atom. The van der Waals surface area contributed by atoms with E-state index in [-0.39, 0.29) is 0 Å². The second kappa shape index (κ2) is 9.75. The molecule has 0 bridgehead atoms. The van der Waals surface area contributed by atoms with Gasteiger partial charge in [-0.25, -0.2) is 4.98 Å². The summed E-state index contributed by atoms with van der Waals surface area (Å²) in [5.41, 5.74) is 0. The molecule has 0 amide bonds. The average molecular weight is 250 g/mol. The number of ether oxygens (including phenoxy) is 1. The summed E-state index contributed by atoms with van der Waals surface area (Å²) >= 11 is 0. The molecule has 1 aromatic rings. The first-order chi connectivity index (χ1) is 8.86. The van der Waals surface area contributed by atoms with E-state index in [4.69, 9.17) is 4.74 Å². The zero-order chi connectivity index (χ0) is 13.1. The monoisotopic (exact) mass is 250 g/mol. The number of anilines is 1. The number of pyridine rings is 1. The third kappa shape index (κ3) is 6.48. The zero-order valence-corrected chi connectivity index (χ0v) is 11.7. The van der Waals surface area contributed by atoms with Crippen molar-refractivity contribution in [1.82, 2.24) is 4.98 Å². The molecule has 0 unspecified atom stereocenters. The van der Waals surface area contributed by atoms with Crippen molar-refractivity contribution in [2.45, 2.75) is 52.4 Å². The molecule has 0 aliphatic rings. The van der Waals surface area contributed by atoms with E-state index in [1.807, 2.05) is 12.1 Å². The fourth-order valence-electron chi connectivity index (χ4n) is 1.85. The van der Waals surface area contributed by atoms with Gasteiger partial charge in [0.15, 0.2) is 0 Å². The lowest BCUT2D eigenvalue weighted by atomic mass is 10.1. The SMILES string of the molecule is CCCCCCCCOc1ccnc(NCC)c1. The van der Waals surface area contributed by atoms with Crippen molar-refractivity contribution in [3.8, 4) is 5.75 Å². The Kier molecular flexibility index (Phi) is 8.02. The van der Waals surface area contributed by atoms with Gasteiger partial charge in [0, 0.05) is 18.8 Å². The fraction of sp³-hybridized carbons (Fsp3) is 0.667. The first-order valence-corrected chi connectivity index (χ1v) is 7.19. The van der Waals surface area contributed by atoms with E-state index in [0.29, 0.717) is 0 Å². The molecule has 0 saturated heterocycles. The van der Waals surface area contributed by atoms with Crippen molar-refractivity contribution in [2.75, 3.05) is 18.5 Å². The van der Waals surface area contributed by atoms with Crippen LogP contribution < -0.4 is 10.1 Å². The van der Waals surface area contributed by atoms with Gasteiger partial charge in [0.05, 0.1) is 6.61 Å². The van der Waals surface area contributed by atoms with Crippen LogP contribution in [0.15, 0.2) is 18.3 Å². The maximum absolute atomic E-state index is 5.72. The van der Waals surface area contributed by atoms with E-state index < -0.39 is 0 Å². The molecule has 0 aromatic carbocycles. The van der Waals surface area contributed by atoms with E-state index in [9.17, 15) is 0 Å². The van der Waals surface area contributed by atoms with Crippen LogP contribution in [0.2, 0.25) is 0 Å². The quantitative estimate of drug-likeness (QED) is 0.630. The molecule has 1 rings (SSSR count). The maximum Gasteiger partial charge on any atom is 0.129 e. The topological polar surface area (TPSA) is 34.1 Å². The first-order valence-electron chi connectivity index (χ1n) is 7.19. The van der Waals surface area contributed by atoms with Crippen LogP contribution in [0.5, 0.6) is 5.75 Å². The highest BCUT2D eigenvalue weighted by atomic mass is 16.5. The normalized spacial score (nSPS) is 10.3. The van der Waals surface area contributed by atoms with Crippen LogP contribution in [-0.2, 0) is 0 Å². The number of nitrogens with zero attached hydrogens (tertiary/aromatic N) is 1. The van der Waals surface area contributed by atoms with Gasteiger partial charge in [0.2, 0.25) is 0 Å². The van der Waals surface area contributed by atoms with Crippen LogP contribution in [0, 0.1) is 0 Å². The molecule has 0 spiro atoms. The van der Waals surface area contributed by atoms with Gasteiger partial charge in [-0.05, 0) is 19.4 Å². The average Bonchev–Trinajstić information content (AvgIpc) is 2.39. The summed E-state index contributed by atoms with van der Waals surface area (Å²) in [5.74, 6) is 1.80. The Bertz CT molecular complexity index is 315. The first kappa shape index (κ1) is 14.8. The van der Waals surface area contributed by atoms with Gasteiger partial charge in [-0.2, -0.15) is 0 Å². The summed E-state index contributed by atoms with van der Waals surface area (Å²) in [6.45, 7) is 6.00. The summed E-state index contributed by atoms with van der Waals surface area (Å²) in [6, 6.07) is 3.87. The summed E-state index contributed by atoms with van der Waals surface area (Å²) in [7, 11) is 0. The summed E-state index contributed by atoms with van der Waals surface area (Å²) in [5, 5.41) is 3.18. The highest BCUT2D eigenvalue weighted by Gasteiger charge is 1.97. The molecule has 3 heteroatoms. The number of aromatic nitrogens is 1. The van der Waals surface area contributed by atoms with Crippen LogP contribution in [-0.4, -0.2) is 18.1 Å². The van der Waals surface area contributed by atoms with E-state index in [1.54, 1.807) is 6.20 Å². The maximum atomic E-state index is 5.72. The second-order valence-electron chi connectivity index (χ2n) is 4.52. The third-order valence-electron chi connectivity index (χ3n) is 2.86. The van der Waals surface area contributed by atoms with E-state index >= 15 is 0 Å². The molecular weight excluding hydrogens is 224 g/mol. The van der Waals surface area contributed by atoms with Gasteiger partial charge >= 0.3 is 0 Å². The van der Waals surface area contributed by atoms with Gasteiger partial charge in [-0.15, -0.1) is 0 Å². The molecule has 0 saturated carbocycles. The summed E-state index contributed by atoms with van der Waals surface area (Å²) in [6.07, 6.45) is 9.55. The van der Waals surface area contributed by atoms with Gasteiger partial charge in [-0.3, -0.25) is 0 Å². The van der Waals surface area contributed by atoms with Crippen LogP contribution >= 0.6 is 0 Å². The molecule has 18 heavy (non-hydrogen) atoms. The molecule has 102 valence electrons. The molecule has 1 N–H and O–H groups in total. The molecule has 0 radical (unpaired) electrons. The number of hydrogen-bond donors (Lipinski definition) is 1. The van der Waals surface area contributed by atoms with Crippen molar-refractivity contribution < 1.29 is 4.74 Å². The van der Waals surface area contributed by atoms with E-state index in [2.05, 4.69) is 24.1 Å². The van der Waals surface area contributed by atoms with E-state index in [1.165, 1.54) is 32.1 Å². The summed E-state index contributed by atoms with van der Waals surface area (Å²) < 4.78 is 5.72. The minimum Gasteiger partial charge on any atom is -0.493 e. The Morgan fingerprint density at radius 3 is 2.67 bits per heavy atom. The Morgan fingerprint density at radius 1 is 1.11 bits per heavy atom. The van der Waals surface area contributed by atoms with Gasteiger partial charge < -0.3 is 10.1 Å². The smallest absolute Gasteiger partial charge is 0.129 e. The highest BCUT2D eigenvalue weighted by molar-refractivity contribution is 5.40. The van der Waals surface area contributed by atoms with Gasteiger partial charge in [0.1, 0.15) is 11.6 Å². The molecule has 3 nitrogen and oxygen atoms in total. The second-order valence-corrected chi connectivity index (χ2v) is 4.52. The minimum absolute atomic E-state index is 0.807. The largest absolute Gasteiger partial charge is 0.493 e. The lowest BCUT2D eigenvalue weighted by Gasteiger charge is -2.08. The zero-order valence-electron chi connectivity index (χ0n) is 11.7. The molecule has 0 atom stereocenters. The molecular formula is C15H26N2O. The van der Waals surface area contributed by atoms with Crippen molar-refractivity contribution >= 4 is 5.82 Å². The number of unbranched alkanes of at least 4 members (excludes halogenated alkanes) is 5. The van der Waals surface area contributed by atoms with Crippen molar-refractivity contribution in [3.05, 3.63) is 18.3 Å². The predicted molar refractivity (Wildman–Crippen MR) is 77.3 cm³/mol. The number of hydrogen-bond acceptors (Lipinski definition) is 3. The number of rotatable bonds is 10. The lowest BCUT2D eigenvalue weighted by molar-refractivity contribution is 0.304. The fourth-order valence-corrected chi connectivity index (χ4v) is 1.85. The molecule has 1 aromatic heterocycles. The van der Waals surface area contributed by atoms with Crippen LogP contribution in [0.1, 0.15) is 52.4 Å². The van der Waals surface area contributed by atoms with Crippen molar-refractivity contribution in [3.63, 3.8) is 0 Å². The van der Waals surface area contributed by atoms with Crippen molar-refractivity contribution in [2.24, 2.45) is 0 Å². The Balaban J connectivity index is 2.13. The standard InChI is InChI=1S/C15H26N2O/c1-3-5-6-7-8-9-12-18-14-10-11-17-15(13-14)16-4-2/h10-11,13H,3-9,12H2,1-2H3,(H,16,17). The van der Waals surface area contributed by atoms with Crippen LogP contribution in [0.4, 0.5) is 5.82 Å². The highest BCUT2D eigenvalue weighted by Crippen LogP contribution is 2.15. The van der Waals surface area contributed by atoms with E-state index in [0.717, 1.165) is 31.1 Å². The van der Waals surface area contributed by atoms with Crippen LogP contribution in [0.25, 0.3) is 0 Å². The van der Waals surface area contributed by atoms with Gasteiger partial charge in [0.25, 0.3) is 0 Å². The molecule has 0 aliphatic carbocycles. The molecule has 0 aliphatic heterocycles.